The fourth-order valence-corrected chi connectivity index (χ4v) is 4.40. The predicted octanol–water partition coefficient (Wildman–Crippen LogP) is 1.81. The number of benzene rings is 1. The van der Waals surface area contributed by atoms with Crippen LogP contribution in [0, 0.1) is 5.92 Å². The van der Waals surface area contributed by atoms with Crippen LogP contribution in [0.4, 0.5) is 0 Å². The summed E-state index contributed by atoms with van der Waals surface area (Å²) >= 11 is 3.26. The van der Waals surface area contributed by atoms with Gasteiger partial charge in [0, 0.05) is 17.1 Å². The topological polar surface area (TPSA) is 69.6 Å². The maximum Gasteiger partial charge on any atom is 0.241 e. The van der Waals surface area contributed by atoms with Crippen molar-refractivity contribution in [3.05, 3.63) is 28.2 Å². The molecule has 1 atom stereocenters. The number of halogens is 1. The molecule has 0 aliphatic heterocycles. The number of likely N-dealkylation sites (N-methyl/N-ethyl adjacent to an activating group) is 1. The van der Waals surface area contributed by atoms with Gasteiger partial charge >= 0.3 is 0 Å². The van der Waals surface area contributed by atoms with Gasteiger partial charge in [0.2, 0.25) is 10.0 Å². The second-order valence-electron chi connectivity index (χ2n) is 5.66. The molecule has 0 radical (unpaired) electrons. The normalized spacial score (nSPS) is 13.9. The average Bonchev–Trinajstić information content (AvgIpc) is 2.36. The molecule has 1 rings (SSSR count). The quantitative estimate of drug-likeness (QED) is 0.758. The van der Waals surface area contributed by atoms with E-state index in [1.165, 1.54) is 6.07 Å². The first-order valence-corrected chi connectivity index (χ1v) is 9.01. The molecule has 0 bridgehead atoms. The van der Waals surface area contributed by atoms with Crippen LogP contribution in [0.5, 0.6) is 0 Å². The van der Waals surface area contributed by atoms with Gasteiger partial charge in [-0.3, -0.25) is 0 Å². The highest BCUT2D eigenvalue weighted by molar-refractivity contribution is 9.10. The largest absolute Gasteiger partial charge is 0.392 e. The van der Waals surface area contributed by atoms with E-state index in [9.17, 15) is 8.42 Å². The van der Waals surface area contributed by atoms with Crippen molar-refractivity contribution in [2.75, 3.05) is 20.6 Å². The number of nitrogens with one attached hydrogen (secondary N) is 1. The summed E-state index contributed by atoms with van der Waals surface area (Å²) in [4.78, 5) is 2.14. The highest BCUT2D eigenvalue weighted by Crippen LogP contribution is 2.24. The summed E-state index contributed by atoms with van der Waals surface area (Å²) in [5, 5.41) is 9.08. The third-order valence-electron chi connectivity index (χ3n) is 3.14. The van der Waals surface area contributed by atoms with Gasteiger partial charge in [-0.05, 0) is 53.6 Å². The number of aliphatic hydroxyl groups excluding tert-OH is 1. The van der Waals surface area contributed by atoms with Crippen LogP contribution < -0.4 is 4.72 Å². The molecule has 2 N–H and O–H groups in total. The van der Waals surface area contributed by atoms with Gasteiger partial charge in [0.15, 0.2) is 0 Å². The lowest BCUT2D eigenvalue weighted by molar-refractivity contribution is 0.281. The highest BCUT2D eigenvalue weighted by atomic mass is 79.9. The number of hydrogen-bond acceptors (Lipinski definition) is 4. The predicted molar refractivity (Wildman–Crippen MR) is 87.6 cm³/mol. The average molecular weight is 379 g/mol. The van der Waals surface area contributed by atoms with Crippen molar-refractivity contribution in [3.63, 3.8) is 0 Å². The summed E-state index contributed by atoms with van der Waals surface area (Å²) in [6, 6.07) is 4.56. The molecule has 120 valence electrons. The number of sulfonamides is 1. The molecule has 21 heavy (non-hydrogen) atoms. The van der Waals surface area contributed by atoms with Gasteiger partial charge in [0.25, 0.3) is 0 Å². The van der Waals surface area contributed by atoms with Crippen LogP contribution in [-0.4, -0.2) is 45.1 Å². The Morgan fingerprint density at radius 1 is 1.33 bits per heavy atom. The summed E-state index contributed by atoms with van der Waals surface area (Å²) in [7, 11) is 0.214. The molecule has 0 aromatic heterocycles. The first-order valence-electron chi connectivity index (χ1n) is 6.73. The van der Waals surface area contributed by atoms with E-state index in [1.807, 2.05) is 32.8 Å². The Bertz CT molecular complexity index is 574. The van der Waals surface area contributed by atoms with Crippen LogP contribution in [0.15, 0.2) is 27.6 Å². The summed E-state index contributed by atoms with van der Waals surface area (Å²) in [6.45, 7) is 4.48. The fraction of sp³-hybridized carbons (Fsp3) is 0.571. The van der Waals surface area contributed by atoms with Crippen LogP contribution in [0.3, 0.4) is 0 Å². The first kappa shape index (κ1) is 18.6. The summed E-state index contributed by atoms with van der Waals surface area (Å²) in [5.41, 5.74) is 0.662. The molecule has 0 aliphatic rings. The minimum atomic E-state index is -3.61. The van der Waals surface area contributed by atoms with Crippen molar-refractivity contribution in [1.29, 1.82) is 0 Å². The van der Waals surface area contributed by atoms with Crippen LogP contribution in [0.2, 0.25) is 0 Å². The van der Waals surface area contributed by atoms with Crippen molar-refractivity contribution in [2.45, 2.75) is 31.4 Å². The van der Waals surface area contributed by atoms with E-state index >= 15 is 0 Å². The van der Waals surface area contributed by atoms with Crippen molar-refractivity contribution in [3.8, 4) is 0 Å². The molecule has 0 amide bonds. The zero-order chi connectivity index (χ0) is 16.2. The molecule has 1 aromatic carbocycles. The molecular weight excluding hydrogens is 356 g/mol. The van der Waals surface area contributed by atoms with E-state index in [4.69, 9.17) is 5.11 Å². The SMILES string of the molecule is CC(C)C(CN(C)C)NS(=O)(=O)c1ccc(CO)cc1Br. The molecule has 0 heterocycles. The van der Waals surface area contributed by atoms with E-state index in [1.54, 1.807) is 12.1 Å². The van der Waals surface area contributed by atoms with Crippen molar-refractivity contribution >= 4 is 26.0 Å². The Balaban J connectivity index is 3.04. The van der Waals surface area contributed by atoms with Gasteiger partial charge in [0.1, 0.15) is 0 Å². The van der Waals surface area contributed by atoms with Crippen LogP contribution in [-0.2, 0) is 16.6 Å². The van der Waals surface area contributed by atoms with E-state index in [-0.39, 0.29) is 23.5 Å². The number of rotatable bonds is 7. The van der Waals surface area contributed by atoms with Crippen molar-refractivity contribution in [1.82, 2.24) is 9.62 Å². The number of hydrogen-bond donors (Lipinski definition) is 2. The van der Waals surface area contributed by atoms with Gasteiger partial charge in [-0.2, -0.15) is 0 Å². The highest BCUT2D eigenvalue weighted by Gasteiger charge is 2.24. The van der Waals surface area contributed by atoms with Gasteiger partial charge in [-0.15, -0.1) is 0 Å². The van der Waals surface area contributed by atoms with Crippen LogP contribution in [0.25, 0.3) is 0 Å². The molecule has 0 saturated carbocycles. The van der Waals surface area contributed by atoms with Crippen molar-refractivity contribution in [2.24, 2.45) is 5.92 Å². The van der Waals surface area contributed by atoms with Crippen LogP contribution in [0.1, 0.15) is 19.4 Å². The monoisotopic (exact) mass is 378 g/mol. The minimum absolute atomic E-state index is 0.123. The third kappa shape index (κ3) is 5.34. The second-order valence-corrected chi connectivity index (χ2v) is 8.19. The molecule has 1 unspecified atom stereocenters. The maximum atomic E-state index is 12.5. The van der Waals surface area contributed by atoms with Gasteiger partial charge < -0.3 is 10.0 Å². The standard InChI is InChI=1S/C14H23BrN2O3S/c1-10(2)13(8-17(3)4)16-21(19,20)14-6-5-11(9-18)7-12(14)15/h5-7,10,13,16,18H,8-9H2,1-4H3. The molecule has 0 spiro atoms. The maximum absolute atomic E-state index is 12.5. The lowest BCUT2D eigenvalue weighted by Gasteiger charge is -2.25. The Labute approximate surface area is 135 Å². The molecule has 7 heteroatoms. The Kier molecular flexibility index (Phi) is 6.80. The number of aliphatic hydroxyl groups is 1. The molecule has 5 nitrogen and oxygen atoms in total. The lowest BCUT2D eigenvalue weighted by atomic mass is 10.1. The third-order valence-corrected chi connectivity index (χ3v) is 5.61. The fourth-order valence-electron chi connectivity index (χ4n) is 1.90. The Hall–Kier alpha value is -0.470. The first-order chi connectivity index (χ1) is 9.67. The van der Waals surface area contributed by atoms with Crippen LogP contribution >= 0.6 is 15.9 Å². The van der Waals surface area contributed by atoms with Gasteiger partial charge in [-0.25, -0.2) is 13.1 Å². The Morgan fingerprint density at radius 3 is 2.38 bits per heavy atom. The zero-order valence-corrected chi connectivity index (χ0v) is 15.2. The summed E-state index contributed by atoms with van der Waals surface area (Å²) in [5.74, 6) is 0.178. The van der Waals surface area contributed by atoms with Gasteiger partial charge in [0.05, 0.1) is 11.5 Å². The van der Waals surface area contributed by atoms with E-state index in [2.05, 4.69) is 20.7 Å². The van der Waals surface area contributed by atoms with Gasteiger partial charge in [-0.1, -0.05) is 19.9 Å². The second kappa shape index (κ2) is 7.69. The molecule has 0 saturated heterocycles. The van der Waals surface area contributed by atoms with E-state index in [0.29, 0.717) is 16.6 Å². The van der Waals surface area contributed by atoms with Crippen molar-refractivity contribution < 1.29 is 13.5 Å². The summed E-state index contributed by atoms with van der Waals surface area (Å²) < 4.78 is 28.3. The molecule has 0 fully saturated rings. The smallest absolute Gasteiger partial charge is 0.241 e. The zero-order valence-electron chi connectivity index (χ0n) is 12.8. The Morgan fingerprint density at radius 2 is 1.95 bits per heavy atom. The molecular formula is C14H23BrN2O3S. The van der Waals surface area contributed by atoms with E-state index < -0.39 is 10.0 Å². The minimum Gasteiger partial charge on any atom is -0.392 e. The van der Waals surface area contributed by atoms with E-state index in [0.717, 1.165) is 0 Å². The molecule has 0 aliphatic carbocycles. The summed E-state index contributed by atoms with van der Waals surface area (Å²) in [6.07, 6.45) is 0. The molecule has 1 aromatic rings. The number of nitrogens with zero attached hydrogens (tertiary/aromatic N) is 1. The lowest BCUT2D eigenvalue weighted by Crippen LogP contribution is -2.44.